The van der Waals surface area contributed by atoms with E-state index < -0.39 is 0 Å². The summed E-state index contributed by atoms with van der Waals surface area (Å²) in [6.07, 6.45) is 0. The maximum atomic E-state index is 12.1. The van der Waals surface area contributed by atoms with Gasteiger partial charge in [-0.25, -0.2) is 0 Å². The largest absolute Gasteiger partial charge is 0.322 e. The smallest absolute Gasteiger partial charge is 0.255 e. The van der Waals surface area contributed by atoms with Crippen molar-refractivity contribution in [3.63, 3.8) is 0 Å². The summed E-state index contributed by atoms with van der Waals surface area (Å²) >= 11 is 15.2. The fourth-order valence-electron chi connectivity index (χ4n) is 1.51. The van der Waals surface area contributed by atoms with Gasteiger partial charge in [0.05, 0.1) is 5.02 Å². The highest BCUT2D eigenvalue weighted by Gasteiger charge is 2.08. The Morgan fingerprint density at radius 3 is 2.47 bits per heavy atom. The van der Waals surface area contributed by atoms with E-state index in [0.717, 1.165) is 5.56 Å². The minimum atomic E-state index is -0.211. The van der Waals surface area contributed by atoms with Gasteiger partial charge >= 0.3 is 0 Å². The van der Waals surface area contributed by atoms with Crippen LogP contribution in [0.5, 0.6) is 0 Å². The lowest BCUT2D eigenvalue weighted by atomic mass is 10.2. The van der Waals surface area contributed by atoms with Gasteiger partial charge in [-0.1, -0.05) is 29.3 Å². The third-order valence-electron chi connectivity index (χ3n) is 2.61. The molecule has 0 bridgehead atoms. The Kier molecular flexibility index (Phi) is 4.50. The average molecular weight is 359 g/mol. The Morgan fingerprint density at radius 2 is 1.84 bits per heavy atom. The van der Waals surface area contributed by atoms with Crippen LogP contribution in [0, 0.1) is 6.92 Å². The number of aryl methyl sites for hydroxylation is 1. The SMILES string of the molecule is Cc1ccc(NC(=O)c2ccc(Cl)c(Br)c2)cc1Cl. The number of nitrogens with one attached hydrogen (secondary N) is 1. The average Bonchev–Trinajstić information content (AvgIpc) is 2.37. The van der Waals surface area contributed by atoms with Crippen molar-refractivity contribution in [1.82, 2.24) is 0 Å². The van der Waals surface area contributed by atoms with Crippen molar-refractivity contribution in [1.29, 1.82) is 0 Å². The van der Waals surface area contributed by atoms with Crippen LogP contribution in [-0.2, 0) is 0 Å². The maximum absolute atomic E-state index is 12.1. The van der Waals surface area contributed by atoms with Crippen LogP contribution in [0.4, 0.5) is 5.69 Å². The molecule has 0 saturated carbocycles. The molecule has 19 heavy (non-hydrogen) atoms. The van der Waals surface area contributed by atoms with Crippen molar-refractivity contribution in [3.8, 4) is 0 Å². The van der Waals surface area contributed by atoms with Crippen LogP contribution in [0.2, 0.25) is 10.0 Å². The van der Waals surface area contributed by atoms with Gasteiger partial charge in [-0.2, -0.15) is 0 Å². The molecule has 0 fully saturated rings. The van der Waals surface area contributed by atoms with Crippen molar-refractivity contribution < 1.29 is 4.79 Å². The van der Waals surface area contributed by atoms with Gasteiger partial charge in [0, 0.05) is 20.7 Å². The molecule has 0 atom stereocenters. The molecule has 5 heteroatoms. The lowest BCUT2D eigenvalue weighted by Crippen LogP contribution is -2.11. The lowest BCUT2D eigenvalue weighted by Gasteiger charge is -2.07. The van der Waals surface area contributed by atoms with Gasteiger partial charge in [-0.3, -0.25) is 4.79 Å². The molecule has 2 aromatic carbocycles. The molecule has 0 saturated heterocycles. The van der Waals surface area contributed by atoms with E-state index in [2.05, 4.69) is 21.2 Å². The number of amides is 1. The van der Waals surface area contributed by atoms with Gasteiger partial charge in [0.2, 0.25) is 0 Å². The number of carbonyl (C=O) groups is 1. The molecular formula is C14H10BrCl2NO. The minimum absolute atomic E-state index is 0.211. The minimum Gasteiger partial charge on any atom is -0.322 e. The zero-order valence-electron chi connectivity index (χ0n) is 10.0. The second-order valence-corrected chi connectivity index (χ2v) is 5.72. The number of hydrogen-bond donors (Lipinski definition) is 1. The Balaban J connectivity index is 2.20. The zero-order chi connectivity index (χ0) is 14.0. The van der Waals surface area contributed by atoms with Crippen LogP contribution in [0.25, 0.3) is 0 Å². The van der Waals surface area contributed by atoms with E-state index in [1.54, 1.807) is 24.3 Å². The summed E-state index contributed by atoms with van der Waals surface area (Å²) in [5, 5.41) is 3.97. The number of halogens is 3. The summed E-state index contributed by atoms with van der Waals surface area (Å²) in [4.78, 5) is 12.1. The summed E-state index contributed by atoms with van der Waals surface area (Å²) in [5.74, 6) is -0.211. The van der Waals surface area contributed by atoms with Gasteiger partial charge in [0.1, 0.15) is 0 Å². The molecule has 0 radical (unpaired) electrons. The predicted octanol–water partition coefficient (Wildman–Crippen LogP) is 5.32. The van der Waals surface area contributed by atoms with E-state index in [0.29, 0.717) is 25.8 Å². The molecule has 0 aliphatic heterocycles. The van der Waals surface area contributed by atoms with Crippen LogP contribution in [0.15, 0.2) is 40.9 Å². The van der Waals surface area contributed by atoms with Gasteiger partial charge in [-0.05, 0) is 58.7 Å². The van der Waals surface area contributed by atoms with E-state index in [-0.39, 0.29) is 5.91 Å². The Hall–Kier alpha value is -1.03. The first-order chi connectivity index (χ1) is 8.97. The first-order valence-electron chi connectivity index (χ1n) is 5.50. The second kappa shape index (κ2) is 5.95. The quantitative estimate of drug-likeness (QED) is 0.773. The van der Waals surface area contributed by atoms with Crippen molar-refractivity contribution in [2.75, 3.05) is 5.32 Å². The summed E-state index contributed by atoms with van der Waals surface area (Å²) < 4.78 is 0.684. The summed E-state index contributed by atoms with van der Waals surface area (Å²) in [5.41, 5.74) is 2.15. The zero-order valence-corrected chi connectivity index (χ0v) is 13.1. The number of carbonyl (C=O) groups excluding carboxylic acids is 1. The van der Waals surface area contributed by atoms with Gasteiger partial charge in [0.25, 0.3) is 5.91 Å². The number of hydrogen-bond acceptors (Lipinski definition) is 1. The van der Waals surface area contributed by atoms with E-state index in [4.69, 9.17) is 23.2 Å². The van der Waals surface area contributed by atoms with Crippen LogP contribution in [-0.4, -0.2) is 5.91 Å². The molecule has 2 rings (SSSR count). The fraction of sp³-hybridized carbons (Fsp3) is 0.0714. The Morgan fingerprint density at radius 1 is 1.11 bits per heavy atom. The third-order valence-corrected chi connectivity index (χ3v) is 4.23. The summed E-state index contributed by atoms with van der Waals surface area (Å²) in [7, 11) is 0. The van der Waals surface area contributed by atoms with E-state index in [9.17, 15) is 4.79 Å². The van der Waals surface area contributed by atoms with Gasteiger partial charge < -0.3 is 5.32 Å². The molecule has 0 heterocycles. The van der Waals surface area contributed by atoms with Gasteiger partial charge in [-0.15, -0.1) is 0 Å². The molecule has 98 valence electrons. The molecular weight excluding hydrogens is 349 g/mol. The molecule has 2 aromatic rings. The fourth-order valence-corrected chi connectivity index (χ4v) is 2.19. The van der Waals surface area contributed by atoms with Crippen molar-refractivity contribution in [3.05, 3.63) is 62.0 Å². The highest BCUT2D eigenvalue weighted by Crippen LogP contribution is 2.24. The monoisotopic (exact) mass is 357 g/mol. The van der Waals surface area contributed by atoms with Crippen molar-refractivity contribution >= 4 is 50.7 Å². The molecule has 0 aliphatic rings. The summed E-state index contributed by atoms with van der Waals surface area (Å²) in [6.45, 7) is 1.91. The Labute approximate surface area is 129 Å². The highest BCUT2D eigenvalue weighted by molar-refractivity contribution is 9.10. The first-order valence-corrected chi connectivity index (χ1v) is 7.05. The van der Waals surface area contributed by atoms with Crippen LogP contribution in [0.3, 0.4) is 0 Å². The number of rotatable bonds is 2. The lowest BCUT2D eigenvalue weighted by molar-refractivity contribution is 0.102. The predicted molar refractivity (Wildman–Crippen MR) is 83.3 cm³/mol. The third kappa shape index (κ3) is 3.50. The van der Waals surface area contributed by atoms with Crippen LogP contribution >= 0.6 is 39.1 Å². The summed E-state index contributed by atoms with van der Waals surface area (Å²) in [6, 6.07) is 10.4. The molecule has 0 aromatic heterocycles. The van der Waals surface area contributed by atoms with Gasteiger partial charge in [0.15, 0.2) is 0 Å². The Bertz CT molecular complexity index is 643. The molecule has 1 N–H and O–H groups in total. The topological polar surface area (TPSA) is 29.1 Å². The maximum Gasteiger partial charge on any atom is 0.255 e. The van der Waals surface area contributed by atoms with Crippen LogP contribution < -0.4 is 5.32 Å². The molecule has 1 amide bonds. The van der Waals surface area contributed by atoms with E-state index >= 15 is 0 Å². The first kappa shape index (κ1) is 14.4. The number of anilines is 1. The molecule has 0 unspecified atom stereocenters. The highest BCUT2D eigenvalue weighted by atomic mass is 79.9. The normalized spacial score (nSPS) is 10.3. The number of benzene rings is 2. The molecule has 2 nitrogen and oxygen atoms in total. The molecule has 0 spiro atoms. The van der Waals surface area contributed by atoms with Crippen LogP contribution in [0.1, 0.15) is 15.9 Å². The standard InChI is InChI=1S/C14H10BrCl2NO/c1-8-2-4-10(7-13(8)17)18-14(19)9-3-5-12(16)11(15)6-9/h2-7H,1H3,(H,18,19). The molecule has 0 aliphatic carbocycles. The van der Waals surface area contributed by atoms with E-state index in [1.165, 1.54) is 0 Å². The van der Waals surface area contributed by atoms with Crippen molar-refractivity contribution in [2.45, 2.75) is 6.92 Å². The van der Waals surface area contributed by atoms with E-state index in [1.807, 2.05) is 19.1 Å². The van der Waals surface area contributed by atoms with Crippen molar-refractivity contribution in [2.24, 2.45) is 0 Å². The second-order valence-electron chi connectivity index (χ2n) is 4.05.